The molecular formula is C14H23N3O2. The maximum absolute atomic E-state index is 11.8. The molecule has 5 nitrogen and oxygen atoms in total. The van der Waals surface area contributed by atoms with E-state index >= 15 is 0 Å². The molecule has 3 N–H and O–H groups in total. The number of methoxy groups -OCH3 is 1. The number of hydrogen-bond donors (Lipinski definition) is 2. The molecule has 5 heteroatoms. The van der Waals surface area contributed by atoms with E-state index in [0.717, 1.165) is 31.8 Å². The zero-order valence-corrected chi connectivity index (χ0v) is 11.7. The number of carbonyl (C=O) groups is 1. The maximum Gasteiger partial charge on any atom is 0.225 e. The number of ether oxygens (including phenoxy) is 1. The van der Waals surface area contributed by atoms with Gasteiger partial charge >= 0.3 is 0 Å². The van der Waals surface area contributed by atoms with Crippen LogP contribution in [0.25, 0.3) is 0 Å². The van der Waals surface area contributed by atoms with E-state index in [2.05, 4.69) is 10.2 Å². The van der Waals surface area contributed by atoms with Crippen molar-refractivity contribution in [3.8, 4) is 0 Å². The molecule has 0 aliphatic heterocycles. The second-order valence-electron chi connectivity index (χ2n) is 4.57. The normalized spacial score (nSPS) is 10.7. The quantitative estimate of drug-likeness (QED) is 0.553. The van der Waals surface area contributed by atoms with Crippen LogP contribution >= 0.6 is 0 Å². The molecule has 0 aliphatic rings. The van der Waals surface area contributed by atoms with Gasteiger partial charge in [-0.1, -0.05) is 6.07 Å². The number of anilines is 2. The zero-order valence-electron chi connectivity index (χ0n) is 11.7. The first kappa shape index (κ1) is 15.5. The van der Waals surface area contributed by atoms with Crippen molar-refractivity contribution >= 4 is 17.3 Å². The van der Waals surface area contributed by atoms with Crippen molar-refractivity contribution in [1.29, 1.82) is 0 Å². The Kier molecular flexibility index (Phi) is 6.92. The van der Waals surface area contributed by atoms with Gasteiger partial charge in [-0.05, 0) is 31.7 Å². The van der Waals surface area contributed by atoms with Crippen LogP contribution < -0.4 is 11.1 Å². The first-order valence-corrected chi connectivity index (χ1v) is 6.44. The van der Waals surface area contributed by atoms with Gasteiger partial charge < -0.3 is 20.7 Å². The van der Waals surface area contributed by atoms with Crippen molar-refractivity contribution in [1.82, 2.24) is 4.90 Å². The summed E-state index contributed by atoms with van der Waals surface area (Å²) in [6, 6.07) is 7.19. The van der Waals surface area contributed by atoms with Gasteiger partial charge in [-0.15, -0.1) is 0 Å². The van der Waals surface area contributed by atoms with Crippen LogP contribution in [0.2, 0.25) is 0 Å². The molecule has 1 amide bonds. The van der Waals surface area contributed by atoms with E-state index in [1.54, 1.807) is 19.2 Å². The fourth-order valence-corrected chi connectivity index (χ4v) is 1.72. The van der Waals surface area contributed by atoms with Crippen molar-refractivity contribution in [2.45, 2.75) is 12.8 Å². The highest BCUT2D eigenvalue weighted by molar-refractivity contribution is 5.91. The van der Waals surface area contributed by atoms with E-state index < -0.39 is 0 Å². The smallest absolute Gasteiger partial charge is 0.225 e. The van der Waals surface area contributed by atoms with Gasteiger partial charge in [0.1, 0.15) is 0 Å². The molecule has 106 valence electrons. The molecule has 0 heterocycles. The van der Waals surface area contributed by atoms with E-state index in [-0.39, 0.29) is 5.91 Å². The molecule has 0 saturated carbocycles. The van der Waals surface area contributed by atoms with Crippen LogP contribution in [0.1, 0.15) is 12.8 Å². The number of nitrogen functional groups attached to an aromatic ring is 1. The van der Waals surface area contributed by atoms with Crippen molar-refractivity contribution < 1.29 is 9.53 Å². The van der Waals surface area contributed by atoms with Crippen molar-refractivity contribution in [2.75, 3.05) is 44.9 Å². The molecule has 1 aromatic rings. The van der Waals surface area contributed by atoms with Crippen molar-refractivity contribution in [2.24, 2.45) is 0 Å². The molecule has 0 bridgehead atoms. The predicted molar refractivity (Wildman–Crippen MR) is 78.1 cm³/mol. The van der Waals surface area contributed by atoms with Crippen LogP contribution in [0.5, 0.6) is 0 Å². The number of amides is 1. The van der Waals surface area contributed by atoms with Crippen LogP contribution in [0.15, 0.2) is 24.3 Å². The highest BCUT2D eigenvalue weighted by Gasteiger charge is 2.05. The second kappa shape index (κ2) is 8.50. The summed E-state index contributed by atoms with van der Waals surface area (Å²) in [7, 11) is 3.70. The summed E-state index contributed by atoms with van der Waals surface area (Å²) < 4.78 is 4.99. The molecule has 19 heavy (non-hydrogen) atoms. The summed E-state index contributed by atoms with van der Waals surface area (Å²) in [6.45, 7) is 2.41. The minimum absolute atomic E-state index is 0.00388. The molecule has 1 aromatic carbocycles. The standard InChI is InChI=1S/C14H23N3O2/c1-17(8-4-10-19-2)9-7-14(18)16-13-6-3-5-12(15)11-13/h3,5-6,11H,4,7-10,15H2,1-2H3,(H,16,18). The van der Waals surface area contributed by atoms with Gasteiger partial charge in [-0.2, -0.15) is 0 Å². The van der Waals surface area contributed by atoms with Crippen LogP contribution in [-0.2, 0) is 9.53 Å². The number of hydrogen-bond acceptors (Lipinski definition) is 4. The molecule has 0 aliphatic carbocycles. The first-order chi connectivity index (χ1) is 9.11. The molecule has 0 saturated heterocycles. The minimum atomic E-state index is 0.00388. The highest BCUT2D eigenvalue weighted by Crippen LogP contribution is 2.11. The number of rotatable bonds is 8. The third-order valence-electron chi connectivity index (χ3n) is 2.78. The number of nitrogens with zero attached hydrogens (tertiary/aromatic N) is 1. The van der Waals surface area contributed by atoms with E-state index in [0.29, 0.717) is 12.1 Å². The van der Waals surface area contributed by atoms with Gasteiger partial charge in [0.05, 0.1) is 0 Å². The van der Waals surface area contributed by atoms with Gasteiger partial charge in [0.2, 0.25) is 5.91 Å². The van der Waals surface area contributed by atoms with Crippen molar-refractivity contribution in [3.05, 3.63) is 24.3 Å². The Morgan fingerprint density at radius 2 is 2.21 bits per heavy atom. The Balaban J connectivity index is 2.24. The summed E-state index contributed by atoms with van der Waals surface area (Å²) in [5.41, 5.74) is 7.04. The topological polar surface area (TPSA) is 67.6 Å². The van der Waals surface area contributed by atoms with E-state index in [1.807, 2.05) is 19.2 Å². The lowest BCUT2D eigenvalue weighted by Crippen LogP contribution is -2.25. The Bertz CT molecular complexity index is 396. The zero-order chi connectivity index (χ0) is 14.1. The number of benzene rings is 1. The lowest BCUT2D eigenvalue weighted by Gasteiger charge is -2.15. The van der Waals surface area contributed by atoms with Gasteiger partial charge in [0, 0.05) is 44.6 Å². The average molecular weight is 265 g/mol. The minimum Gasteiger partial charge on any atom is -0.399 e. The molecule has 0 radical (unpaired) electrons. The summed E-state index contributed by atoms with van der Waals surface area (Å²) in [5.74, 6) is 0.00388. The van der Waals surface area contributed by atoms with Gasteiger partial charge in [-0.25, -0.2) is 0 Å². The molecule has 0 aromatic heterocycles. The summed E-state index contributed by atoms with van der Waals surface area (Å²) >= 11 is 0. The Morgan fingerprint density at radius 3 is 2.89 bits per heavy atom. The van der Waals surface area contributed by atoms with Crippen LogP contribution in [-0.4, -0.2) is 44.7 Å². The molecule has 0 spiro atoms. The van der Waals surface area contributed by atoms with E-state index in [9.17, 15) is 4.79 Å². The van der Waals surface area contributed by atoms with Crippen LogP contribution in [0.4, 0.5) is 11.4 Å². The van der Waals surface area contributed by atoms with Gasteiger partial charge in [0.15, 0.2) is 0 Å². The summed E-state index contributed by atoms with van der Waals surface area (Å²) in [5, 5.41) is 2.84. The van der Waals surface area contributed by atoms with Crippen molar-refractivity contribution in [3.63, 3.8) is 0 Å². The molecular weight excluding hydrogens is 242 g/mol. The maximum atomic E-state index is 11.8. The van der Waals surface area contributed by atoms with E-state index in [4.69, 9.17) is 10.5 Å². The van der Waals surface area contributed by atoms with Crippen LogP contribution in [0, 0.1) is 0 Å². The second-order valence-corrected chi connectivity index (χ2v) is 4.57. The van der Waals surface area contributed by atoms with Crippen LogP contribution in [0.3, 0.4) is 0 Å². The monoisotopic (exact) mass is 265 g/mol. The van der Waals surface area contributed by atoms with E-state index in [1.165, 1.54) is 0 Å². The number of carbonyl (C=O) groups excluding carboxylic acids is 1. The average Bonchev–Trinajstić information content (AvgIpc) is 2.37. The highest BCUT2D eigenvalue weighted by atomic mass is 16.5. The Hall–Kier alpha value is -1.59. The lowest BCUT2D eigenvalue weighted by molar-refractivity contribution is -0.116. The Morgan fingerprint density at radius 1 is 1.42 bits per heavy atom. The number of nitrogens with one attached hydrogen (secondary N) is 1. The van der Waals surface area contributed by atoms with Gasteiger partial charge in [0.25, 0.3) is 0 Å². The fraction of sp³-hybridized carbons (Fsp3) is 0.500. The molecule has 1 rings (SSSR count). The molecule has 0 unspecified atom stereocenters. The largest absolute Gasteiger partial charge is 0.399 e. The third kappa shape index (κ3) is 6.79. The Labute approximate surface area is 114 Å². The predicted octanol–water partition coefficient (Wildman–Crippen LogP) is 1.57. The molecule has 0 atom stereocenters. The van der Waals surface area contributed by atoms with Gasteiger partial charge in [-0.3, -0.25) is 4.79 Å². The first-order valence-electron chi connectivity index (χ1n) is 6.44. The summed E-state index contributed by atoms with van der Waals surface area (Å²) in [6.07, 6.45) is 1.45. The lowest BCUT2D eigenvalue weighted by atomic mass is 10.2. The SMILES string of the molecule is COCCCN(C)CCC(=O)Nc1cccc(N)c1. The number of nitrogens with two attached hydrogens (primary N) is 1. The fourth-order valence-electron chi connectivity index (χ4n) is 1.72. The summed E-state index contributed by atoms with van der Waals surface area (Å²) in [4.78, 5) is 13.9. The molecule has 0 fully saturated rings. The third-order valence-corrected chi connectivity index (χ3v) is 2.78.